The normalized spacial score (nSPS) is 12.5. The highest BCUT2D eigenvalue weighted by Crippen LogP contribution is 2.23. The van der Waals surface area contributed by atoms with Gasteiger partial charge in [0.2, 0.25) is 0 Å². The van der Waals surface area contributed by atoms with Crippen LogP contribution >= 0.6 is 15.9 Å². The number of halogens is 1. The topological polar surface area (TPSA) is 138 Å². The highest BCUT2D eigenvalue weighted by Gasteiger charge is 2.35. The molecule has 4 aromatic carbocycles. The third-order valence-corrected chi connectivity index (χ3v) is 7.67. The molecule has 4 amide bonds. The second-order valence-electron chi connectivity index (χ2n) is 10.3. The van der Waals surface area contributed by atoms with Crippen LogP contribution in [0.2, 0.25) is 0 Å². The molecule has 0 spiro atoms. The molecule has 10 nitrogen and oxygen atoms in total. The number of hydrogen-bond donors (Lipinski definition) is 1. The molecule has 0 radical (unpaired) electrons. The number of phenols is 1. The Morgan fingerprint density at radius 2 is 0.958 bits per heavy atom. The van der Waals surface area contributed by atoms with Gasteiger partial charge in [-0.05, 0) is 85.6 Å². The molecule has 0 atom stereocenters. The van der Waals surface area contributed by atoms with E-state index < -0.39 is 0 Å². The Hall–Kier alpha value is -5.42. The van der Waals surface area contributed by atoms with E-state index in [0.29, 0.717) is 65.2 Å². The summed E-state index contributed by atoms with van der Waals surface area (Å²) in [6.45, 7) is 1.18. The number of hydrogen-bond acceptors (Lipinski definition) is 8. The number of nitrogens with zero attached hydrogens (tertiary/aromatic N) is 2. The van der Waals surface area contributed by atoms with Crippen molar-refractivity contribution in [2.45, 2.75) is 20.3 Å². The first kappa shape index (κ1) is 37.0. The number of amides is 4. The Balaban J connectivity index is 0.000000214. The summed E-state index contributed by atoms with van der Waals surface area (Å²) in [5, 5.41) is 9.53. The van der Waals surface area contributed by atoms with Gasteiger partial charge in [0.1, 0.15) is 24.1 Å². The number of aromatic hydroxyl groups is 1. The Morgan fingerprint density at radius 1 is 0.583 bits per heavy atom. The van der Waals surface area contributed by atoms with E-state index in [9.17, 15) is 28.8 Å². The molecule has 2 aliphatic rings. The average molecular weight is 716 g/mol. The SMILES string of the molecule is C.O=C1c2ccccc2C(=O)N1CCCBr.O=Cc1ccc(O)cc1.O=Cc1ccc(OCCCN2C(=O)c3ccccc3C2=O)cc1. The minimum atomic E-state index is -0.249. The smallest absolute Gasteiger partial charge is 0.261 e. The van der Waals surface area contributed by atoms with Crippen molar-refractivity contribution < 1.29 is 38.6 Å². The van der Waals surface area contributed by atoms with E-state index in [-0.39, 0.29) is 36.8 Å². The van der Waals surface area contributed by atoms with Crippen LogP contribution < -0.4 is 4.74 Å². The molecule has 1 N–H and O–H groups in total. The average Bonchev–Trinajstić information content (AvgIpc) is 3.50. The first-order chi connectivity index (χ1) is 22.8. The van der Waals surface area contributed by atoms with Gasteiger partial charge in [0.15, 0.2) is 0 Å². The summed E-state index contributed by atoms with van der Waals surface area (Å²) in [5.74, 6) is -0.00599. The summed E-state index contributed by atoms with van der Waals surface area (Å²) in [4.78, 5) is 71.1. The molecule has 0 unspecified atom stereocenters. The van der Waals surface area contributed by atoms with Crippen molar-refractivity contribution in [1.29, 1.82) is 0 Å². The molecule has 11 heteroatoms. The molecule has 0 fully saturated rings. The second-order valence-corrected chi connectivity index (χ2v) is 11.0. The third-order valence-electron chi connectivity index (χ3n) is 7.11. The quantitative estimate of drug-likeness (QED) is 0.0854. The fourth-order valence-corrected chi connectivity index (χ4v) is 4.96. The van der Waals surface area contributed by atoms with E-state index in [0.717, 1.165) is 24.3 Å². The number of fused-ring (bicyclic) bond motifs is 2. The molecule has 0 saturated heterocycles. The molecular weight excluding hydrogens is 680 g/mol. The van der Waals surface area contributed by atoms with Gasteiger partial charge >= 0.3 is 0 Å². The first-order valence-electron chi connectivity index (χ1n) is 14.7. The predicted molar refractivity (Wildman–Crippen MR) is 184 cm³/mol. The fourth-order valence-electron chi connectivity index (χ4n) is 4.71. The second kappa shape index (κ2) is 18.1. The molecule has 48 heavy (non-hydrogen) atoms. The maximum Gasteiger partial charge on any atom is 0.261 e. The van der Waals surface area contributed by atoms with Crippen molar-refractivity contribution in [3.63, 3.8) is 0 Å². The number of ether oxygens (including phenoxy) is 1. The van der Waals surface area contributed by atoms with Gasteiger partial charge in [-0.2, -0.15) is 0 Å². The Labute approximate surface area is 287 Å². The van der Waals surface area contributed by atoms with Gasteiger partial charge in [0.05, 0.1) is 28.9 Å². The van der Waals surface area contributed by atoms with E-state index >= 15 is 0 Å². The standard InChI is InChI=1S/C18H15NO4.C11H10BrNO2.C7H6O2.CH4/c20-12-13-6-8-14(9-7-13)23-11-3-10-19-17(21)15-4-1-2-5-16(15)18(19)22;12-6-3-7-13-10(14)8-4-1-2-5-9(8)11(13)15;8-5-6-1-3-7(9)4-2-6;/h1-2,4-9,12H,3,10-11H2;1-2,4-5H,3,6-7H2;1-5,9H;1H4. The fraction of sp³-hybridized carbons (Fsp3) is 0.189. The minimum absolute atomic E-state index is 0. The van der Waals surface area contributed by atoms with Crippen LogP contribution in [-0.2, 0) is 0 Å². The zero-order valence-corrected chi connectivity index (χ0v) is 26.8. The van der Waals surface area contributed by atoms with Crippen LogP contribution in [0, 0.1) is 0 Å². The van der Waals surface area contributed by atoms with Gasteiger partial charge in [-0.15, -0.1) is 0 Å². The predicted octanol–water partition coefficient (Wildman–Crippen LogP) is 6.47. The van der Waals surface area contributed by atoms with E-state index in [1.54, 1.807) is 84.9 Å². The minimum Gasteiger partial charge on any atom is -0.508 e. The van der Waals surface area contributed by atoms with Crippen LogP contribution in [0.3, 0.4) is 0 Å². The Kier molecular flexibility index (Phi) is 13.9. The summed E-state index contributed by atoms with van der Waals surface area (Å²) in [6.07, 6.45) is 2.83. The zero-order chi connectivity index (χ0) is 33.8. The molecule has 0 aromatic heterocycles. The summed E-state index contributed by atoms with van der Waals surface area (Å²) in [7, 11) is 0. The number of alkyl halides is 1. The molecule has 0 aliphatic carbocycles. The van der Waals surface area contributed by atoms with Crippen molar-refractivity contribution >= 4 is 52.1 Å². The maximum atomic E-state index is 12.2. The van der Waals surface area contributed by atoms with E-state index in [2.05, 4.69) is 15.9 Å². The summed E-state index contributed by atoms with van der Waals surface area (Å²) in [6, 6.07) is 26.6. The maximum absolute atomic E-state index is 12.2. The van der Waals surface area contributed by atoms with Crippen molar-refractivity contribution in [3.05, 3.63) is 130 Å². The van der Waals surface area contributed by atoms with Crippen molar-refractivity contribution in [2.24, 2.45) is 0 Å². The van der Waals surface area contributed by atoms with Gasteiger partial charge in [-0.25, -0.2) is 0 Å². The lowest BCUT2D eigenvalue weighted by Crippen LogP contribution is -2.31. The molecule has 0 saturated carbocycles. The Morgan fingerprint density at radius 3 is 1.33 bits per heavy atom. The number of carbonyl (C=O) groups is 6. The highest BCUT2D eigenvalue weighted by molar-refractivity contribution is 9.09. The molecule has 2 aliphatic heterocycles. The van der Waals surface area contributed by atoms with Crippen molar-refractivity contribution in [2.75, 3.05) is 25.0 Å². The molecule has 6 rings (SSSR count). The van der Waals surface area contributed by atoms with Crippen molar-refractivity contribution in [1.82, 2.24) is 9.80 Å². The lowest BCUT2D eigenvalue weighted by molar-refractivity contribution is 0.0634. The number of aldehydes is 2. The van der Waals surface area contributed by atoms with E-state index in [1.165, 1.54) is 21.9 Å². The molecular formula is C37H35BrN2O8. The van der Waals surface area contributed by atoms with Crippen LogP contribution in [0.15, 0.2) is 97.1 Å². The molecule has 0 bridgehead atoms. The van der Waals surface area contributed by atoms with Crippen LogP contribution in [0.25, 0.3) is 0 Å². The molecule has 2 heterocycles. The third kappa shape index (κ3) is 9.10. The van der Waals surface area contributed by atoms with Crippen molar-refractivity contribution in [3.8, 4) is 11.5 Å². The molecule has 248 valence electrons. The Bertz CT molecular complexity index is 1690. The lowest BCUT2D eigenvalue weighted by Gasteiger charge is -2.14. The number of carbonyl (C=O) groups excluding carboxylic acids is 6. The number of phenolic OH excluding ortho intramolecular Hbond substituents is 1. The monoisotopic (exact) mass is 714 g/mol. The lowest BCUT2D eigenvalue weighted by atomic mass is 10.1. The van der Waals surface area contributed by atoms with Crippen LogP contribution in [0.5, 0.6) is 11.5 Å². The summed E-state index contributed by atoms with van der Waals surface area (Å²) in [5.41, 5.74) is 3.14. The number of imide groups is 2. The van der Waals surface area contributed by atoms with Crippen LogP contribution in [-0.4, -0.2) is 76.1 Å². The van der Waals surface area contributed by atoms with Gasteiger partial charge in [-0.1, -0.05) is 47.6 Å². The first-order valence-corrected chi connectivity index (χ1v) is 15.8. The molecule has 4 aromatic rings. The van der Waals surface area contributed by atoms with Gasteiger partial charge < -0.3 is 9.84 Å². The zero-order valence-electron chi connectivity index (χ0n) is 25.2. The summed E-state index contributed by atoms with van der Waals surface area (Å²) >= 11 is 3.28. The summed E-state index contributed by atoms with van der Waals surface area (Å²) < 4.78 is 5.55. The van der Waals surface area contributed by atoms with E-state index in [4.69, 9.17) is 9.84 Å². The van der Waals surface area contributed by atoms with Crippen LogP contribution in [0.1, 0.15) is 82.4 Å². The number of rotatable bonds is 10. The largest absolute Gasteiger partial charge is 0.508 e. The van der Waals surface area contributed by atoms with E-state index in [1.807, 2.05) is 0 Å². The number of benzene rings is 4. The van der Waals surface area contributed by atoms with Gasteiger partial charge in [-0.3, -0.25) is 38.6 Å². The van der Waals surface area contributed by atoms with Gasteiger partial charge in [0.25, 0.3) is 23.6 Å². The highest BCUT2D eigenvalue weighted by atomic mass is 79.9. The van der Waals surface area contributed by atoms with Gasteiger partial charge in [0, 0.05) is 29.5 Å². The van der Waals surface area contributed by atoms with Crippen LogP contribution in [0.4, 0.5) is 0 Å².